The zero-order valence-corrected chi connectivity index (χ0v) is 19.4. The molecule has 174 valence electrons. The molecule has 3 aromatic rings. The quantitative estimate of drug-likeness (QED) is 0.563. The fourth-order valence-corrected chi connectivity index (χ4v) is 7.49. The summed E-state index contributed by atoms with van der Waals surface area (Å²) in [5.41, 5.74) is 2.16. The Morgan fingerprint density at radius 3 is 2.46 bits per heavy atom. The number of nitrogens with one attached hydrogen (secondary N) is 2. The molecule has 2 amide bonds. The van der Waals surface area contributed by atoms with Gasteiger partial charge in [0.05, 0.1) is 5.92 Å². The first kappa shape index (κ1) is 20.6. The lowest BCUT2D eigenvalue weighted by Crippen LogP contribution is -2.55. The van der Waals surface area contributed by atoms with Crippen molar-refractivity contribution >= 4 is 29.0 Å². The van der Waals surface area contributed by atoms with Gasteiger partial charge < -0.3 is 10.6 Å². The van der Waals surface area contributed by atoms with Crippen molar-refractivity contribution in [2.45, 2.75) is 36.8 Å². The molecule has 7 rings (SSSR count). The number of para-hydroxylation sites is 2. The Kier molecular flexibility index (Phi) is 4.05. The van der Waals surface area contributed by atoms with Gasteiger partial charge in [0.15, 0.2) is 5.78 Å². The minimum absolute atomic E-state index is 0.170. The number of anilines is 2. The topological polar surface area (TPSA) is 78.5 Å². The average Bonchev–Trinajstić information content (AvgIpc) is 3.59. The third kappa shape index (κ3) is 2.26. The number of nitrogens with zero attached hydrogens (tertiary/aromatic N) is 1. The Morgan fingerprint density at radius 1 is 0.886 bits per heavy atom. The predicted molar refractivity (Wildman–Crippen MR) is 132 cm³/mol. The van der Waals surface area contributed by atoms with Crippen molar-refractivity contribution in [1.82, 2.24) is 4.90 Å². The van der Waals surface area contributed by atoms with E-state index in [0.717, 1.165) is 40.9 Å². The molecule has 6 heteroatoms. The van der Waals surface area contributed by atoms with Crippen molar-refractivity contribution in [1.29, 1.82) is 0 Å². The smallest absolute Gasteiger partial charge is 0.250 e. The second kappa shape index (κ2) is 6.89. The molecular formula is C29H25N3O3. The Bertz CT molecular complexity index is 1430. The van der Waals surface area contributed by atoms with Crippen molar-refractivity contribution in [2.75, 3.05) is 17.2 Å². The fourth-order valence-electron chi connectivity index (χ4n) is 7.49. The van der Waals surface area contributed by atoms with Crippen LogP contribution in [0.5, 0.6) is 0 Å². The molecule has 2 spiro atoms. The molecule has 2 N–H and O–H groups in total. The van der Waals surface area contributed by atoms with Gasteiger partial charge in [0.25, 0.3) is 0 Å². The Morgan fingerprint density at radius 2 is 1.63 bits per heavy atom. The van der Waals surface area contributed by atoms with Gasteiger partial charge in [-0.3, -0.25) is 19.3 Å². The van der Waals surface area contributed by atoms with E-state index in [1.165, 1.54) is 0 Å². The van der Waals surface area contributed by atoms with Crippen LogP contribution >= 0.6 is 0 Å². The van der Waals surface area contributed by atoms with E-state index in [9.17, 15) is 14.4 Å². The number of benzene rings is 3. The molecule has 3 aromatic carbocycles. The number of fused-ring (bicyclic) bond motifs is 7. The van der Waals surface area contributed by atoms with Crippen LogP contribution in [0.4, 0.5) is 11.4 Å². The normalized spacial score (nSPS) is 30.3. The highest BCUT2D eigenvalue weighted by Crippen LogP contribution is 2.66. The number of carbonyl (C=O) groups excluding carboxylic acids is 3. The summed E-state index contributed by atoms with van der Waals surface area (Å²) in [5.74, 6) is -1.47. The third-order valence-corrected chi connectivity index (χ3v) is 8.69. The standard InChI is InChI=1S/C29H25N3O3/c1-17-9-7-13-20-23(17)31-27(35)29(20)25(24(33)18-10-3-2-4-11-18)28(22-15-8-16-32(22)29)19-12-5-6-14-21(19)30-26(28)34/h2-7,9-14,22,25H,8,15-16H2,1H3,(H,30,34)(H,31,35)/t22-,25+,28+,29-/m0/s1. The monoisotopic (exact) mass is 463 g/mol. The van der Waals surface area contributed by atoms with E-state index in [-0.39, 0.29) is 23.6 Å². The van der Waals surface area contributed by atoms with Gasteiger partial charge in [0, 0.05) is 28.5 Å². The molecule has 0 unspecified atom stereocenters. The zero-order chi connectivity index (χ0) is 23.9. The van der Waals surface area contributed by atoms with Crippen molar-refractivity contribution in [3.8, 4) is 0 Å². The van der Waals surface area contributed by atoms with Gasteiger partial charge in [-0.2, -0.15) is 0 Å². The molecule has 0 bridgehead atoms. The van der Waals surface area contributed by atoms with Gasteiger partial charge in [0.1, 0.15) is 11.0 Å². The van der Waals surface area contributed by atoms with E-state index in [1.807, 2.05) is 67.6 Å². The Hall–Kier alpha value is -3.77. The molecular weight excluding hydrogens is 438 g/mol. The predicted octanol–water partition coefficient (Wildman–Crippen LogP) is 4.01. The van der Waals surface area contributed by atoms with Gasteiger partial charge in [-0.15, -0.1) is 0 Å². The molecule has 2 saturated heterocycles. The first-order chi connectivity index (χ1) is 17.0. The van der Waals surface area contributed by atoms with Gasteiger partial charge in [-0.1, -0.05) is 66.7 Å². The summed E-state index contributed by atoms with van der Waals surface area (Å²) in [6.07, 6.45) is 1.61. The van der Waals surface area contributed by atoms with Crippen LogP contribution in [0.15, 0.2) is 72.8 Å². The maximum Gasteiger partial charge on any atom is 0.250 e. The molecule has 2 fully saturated rings. The molecule has 4 aliphatic heterocycles. The number of Topliss-reactive ketones (excluding diaryl/α,β-unsaturated/α-hetero) is 1. The van der Waals surface area contributed by atoms with Crippen LogP contribution in [0, 0.1) is 12.8 Å². The average molecular weight is 464 g/mol. The summed E-state index contributed by atoms with van der Waals surface area (Å²) >= 11 is 0. The molecule has 0 radical (unpaired) electrons. The SMILES string of the molecule is Cc1cccc2c1NC(=O)[C@@]21[C@H](C(=O)c2ccccc2)[C@]2(C(=O)Nc3ccccc32)[C@@H]2CCCN21. The summed E-state index contributed by atoms with van der Waals surface area (Å²) in [6.45, 7) is 2.62. The molecule has 4 atom stereocenters. The lowest BCUT2D eigenvalue weighted by Gasteiger charge is -2.38. The molecule has 4 heterocycles. The van der Waals surface area contributed by atoms with E-state index < -0.39 is 16.9 Å². The molecule has 0 aromatic heterocycles. The largest absolute Gasteiger partial charge is 0.325 e. The molecule has 4 aliphatic rings. The Balaban J connectivity index is 1.60. The Labute approximate surface area is 203 Å². The molecule has 0 saturated carbocycles. The van der Waals surface area contributed by atoms with Crippen molar-refractivity contribution in [3.63, 3.8) is 0 Å². The maximum atomic E-state index is 14.6. The lowest BCUT2D eigenvalue weighted by atomic mass is 9.60. The van der Waals surface area contributed by atoms with Crippen LogP contribution in [-0.4, -0.2) is 35.1 Å². The van der Waals surface area contributed by atoms with Gasteiger partial charge >= 0.3 is 0 Å². The van der Waals surface area contributed by atoms with E-state index >= 15 is 0 Å². The summed E-state index contributed by atoms with van der Waals surface area (Å²) in [7, 11) is 0. The number of amides is 2. The highest BCUT2D eigenvalue weighted by atomic mass is 16.2. The zero-order valence-electron chi connectivity index (χ0n) is 19.4. The van der Waals surface area contributed by atoms with Crippen LogP contribution in [0.1, 0.15) is 39.9 Å². The number of ketones is 1. The van der Waals surface area contributed by atoms with Gasteiger partial charge in [-0.25, -0.2) is 0 Å². The van der Waals surface area contributed by atoms with E-state index in [2.05, 4.69) is 15.5 Å². The fraction of sp³-hybridized carbons (Fsp3) is 0.276. The highest BCUT2D eigenvalue weighted by Gasteiger charge is 2.78. The van der Waals surface area contributed by atoms with E-state index in [4.69, 9.17) is 0 Å². The summed E-state index contributed by atoms with van der Waals surface area (Å²) < 4.78 is 0. The summed E-state index contributed by atoms with van der Waals surface area (Å²) in [5, 5.41) is 6.21. The lowest BCUT2D eigenvalue weighted by molar-refractivity contribution is -0.128. The number of rotatable bonds is 2. The van der Waals surface area contributed by atoms with Crippen molar-refractivity contribution < 1.29 is 14.4 Å². The first-order valence-corrected chi connectivity index (χ1v) is 12.2. The van der Waals surface area contributed by atoms with E-state index in [0.29, 0.717) is 12.1 Å². The summed E-state index contributed by atoms with van der Waals surface area (Å²) in [6, 6.07) is 22.4. The van der Waals surface area contributed by atoms with Crippen LogP contribution in [0.2, 0.25) is 0 Å². The third-order valence-electron chi connectivity index (χ3n) is 8.69. The summed E-state index contributed by atoms with van der Waals surface area (Å²) in [4.78, 5) is 45.2. The van der Waals surface area contributed by atoms with Gasteiger partial charge in [-0.05, 0) is 43.5 Å². The molecule has 35 heavy (non-hydrogen) atoms. The minimum atomic E-state index is -1.26. The number of carbonyl (C=O) groups is 3. The maximum absolute atomic E-state index is 14.6. The number of hydrogen-bond acceptors (Lipinski definition) is 4. The second-order valence-electron chi connectivity index (χ2n) is 10.1. The van der Waals surface area contributed by atoms with Crippen LogP contribution in [-0.2, 0) is 20.5 Å². The van der Waals surface area contributed by atoms with E-state index in [1.54, 1.807) is 12.1 Å². The molecule has 6 nitrogen and oxygen atoms in total. The van der Waals surface area contributed by atoms with Crippen LogP contribution < -0.4 is 10.6 Å². The number of hydrogen-bond donors (Lipinski definition) is 2. The minimum Gasteiger partial charge on any atom is -0.325 e. The van der Waals surface area contributed by atoms with Crippen LogP contribution in [0.25, 0.3) is 0 Å². The molecule has 0 aliphatic carbocycles. The van der Waals surface area contributed by atoms with Gasteiger partial charge in [0.2, 0.25) is 11.8 Å². The van der Waals surface area contributed by atoms with Crippen LogP contribution in [0.3, 0.4) is 0 Å². The second-order valence-corrected chi connectivity index (χ2v) is 10.1. The number of aryl methyl sites for hydroxylation is 1. The van der Waals surface area contributed by atoms with Crippen molar-refractivity contribution in [2.24, 2.45) is 5.92 Å². The highest BCUT2D eigenvalue weighted by molar-refractivity contribution is 6.19. The van der Waals surface area contributed by atoms with Crippen molar-refractivity contribution in [3.05, 3.63) is 95.1 Å². The first-order valence-electron chi connectivity index (χ1n) is 12.2.